The topological polar surface area (TPSA) is 139 Å². The van der Waals surface area contributed by atoms with Crippen LogP contribution in [0.15, 0.2) is 39.1 Å². The summed E-state index contributed by atoms with van der Waals surface area (Å²) in [5.74, 6) is -1.98. The first kappa shape index (κ1) is 26.9. The molecule has 0 bridgehead atoms. The second-order valence-electron chi connectivity index (χ2n) is 5.02. The van der Waals surface area contributed by atoms with Crippen molar-refractivity contribution in [2.24, 2.45) is 4.30 Å². The zero-order valence-electron chi connectivity index (χ0n) is 14.1. The van der Waals surface area contributed by atoms with E-state index in [4.69, 9.17) is 21.7 Å². The Bertz CT molecular complexity index is 819. The van der Waals surface area contributed by atoms with Gasteiger partial charge in [-0.1, -0.05) is 19.1 Å². The van der Waals surface area contributed by atoms with E-state index >= 15 is 0 Å². The number of aryl methyl sites for hydroxylation is 2. The maximum atomic E-state index is 10.6. The van der Waals surface area contributed by atoms with Gasteiger partial charge in [0.25, 0.3) is 0 Å². The molecule has 6 N–H and O–H groups in total. The van der Waals surface area contributed by atoms with Crippen molar-refractivity contribution in [3.05, 3.63) is 57.1 Å². The van der Waals surface area contributed by atoms with Crippen LogP contribution in [0.25, 0.3) is 0 Å². The molecule has 0 aliphatic rings. The van der Waals surface area contributed by atoms with Crippen LogP contribution in [0, 0.1) is 13.8 Å². The van der Waals surface area contributed by atoms with Crippen LogP contribution in [-0.2, 0) is 0 Å². The third-order valence-corrected chi connectivity index (χ3v) is 3.60. The van der Waals surface area contributed by atoms with E-state index in [-0.39, 0.29) is 24.2 Å². The second kappa shape index (κ2) is 12.9. The van der Waals surface area contributed by atoms with Crippen molar-refractivity contribution in [3.63, 3.8) is 0 Å². The average molecular weight is 455 g/mol. The van der Waals surface area contributed by atoms with Gasteiger partial charge in [-0.3, -0.25) is 0 Å². The Morgan fingerprint density at radius 2 is 1.48 bits per heavy atom. The Hall–Kier alpha value is -2.33. The summed E-state index contributed by atoms with van der Waals surface area (Å²) in [5, 5.41) is 17.3. The molecule has 0 aromatic heterocycles. The van der Waals surface area contributed by atoms with E-state index in [9.17, 15) is 9.59 Å². The number of rotatable bonds is 2. The van der Waals surface area contributed by atoms with E-state index < -0.39 is 11.9 Å². The van der Waals surface area contributed by atoms with Crippen molar-refractivity contribution in [1.29, 1.82) is 0 Å². The van der Waals surface area contributed by atoms with Gasteiger partial charge in [0.15, 0.2) is 0 Å². The number of nitrogens with zero attached hydrogens (tertiary/aromatic N) is 1. The van der Waals surface area contributed by atoms with E-state index in [1.165, 1.54) is 0 Å². The zero-order chi connectivity index (χ0) is 20.4. The number of thiol groups is 1. The fourth-order valence-electron chi connectivity index (χ4n) is 1.79. The molecular formula is C17H22BBrN3O4S. The monoisotopic (exact) mass is 454 g/mol. The minimum atomic E-state index is -1.00. The molecule has 0 saturated heterocycles. The first-order valence-electron chi connectivity index (χ1n) is 6.97. The van der Waals surface area contributed by atoms with E-state index in [1.54, 1.807) is 30.3 Å². The zero-order valence-corrected chi connectivity index (χ0v) is 16.6. The van der Waals surface area contributed by atoms with Gasteiger partial charge in [0, 0.05) is 10.2 Å². The van der Waals surface area contributed by atoms with Crippen LogP contribution >= 0.6 is 28.7 Å². The van der Waals surface area contributed by atoms with Crippen molar-refractivity contribution >= 4 is 59.7 Å². The number of halogens is 1. The predicted octanol–water partition coefficient (Wildman–Crippen LogP) is 4.13. The number of benzene rings is 2. The summed E-state index contributed by atoms with van der Waals surface area (Å²) in [6, 6.07) is 8.25. The molecule has 0 heterocycles. The summed E-state index contributed by atoms with van der Waals surface area (Å²) in [5.41, 5.74) is 13.6. The van der Waals surface area contributed by atoms with Crippen LogP contribution < -0.4 is 11.5 Å². The quantitative estimate of drug-likeness (QED) is 0.262. The van der Waals surface area contributed by atoms with Gasteiger partial charge in [0.1, 0.15) is 0 Å². The summed E-state index contributed by atoms with van der Waals surface area (Å²) < 4.78 is 3.32. The SMILES string of the molecule is C.Cc1cc(Br)c(N)c(C(=O)O)c1.Cc1ccc(N)c(C(=O)O)c1.[B]=NS. The first-order chi connectivity index (χ1) is 12.0. The molecule has 0 unspecified atom stereocenters. The Morgan fingerprint density at radius 3 is 1.89 bits per heavy atom. The van der Waals surface area contributed by atoms with Gasteiger partial charge >= 0.3 is 36.7 Å². The van der Waals surface area contributed by atoms with Crippen molar-refractivity contribution in [3.8, 4) is 0 Å². The van der Waals surface area contributed by atoms with Gasteiger partial charge in [-0.15, -0.1) is 0 Å². The van der Waals surface area contributed by atoms with Gasteiger partial charge < -0.3 is 21.7 Å². The first-order valence-corrected chi connectivity index (χ1v) is 8.17. The number of carboxylic acids is 2. The number of anilines is 2. The molecule has 27 heavy (non-hydrogen) atoms. The molecule has 2 aromatic rings. The van der Waals surface area contributed by atoms with Crippen LogP contribution in [0.4, 0.5) is 11.4 Å². The molecule has 0 atom stereocenters. The molecule has 1 radical (unpaired) electrons. The molecule has 0 saturated carbocycles. The van der Waals surface area contributed by atoms with Crippen LogP contribution in [0.3, 0.4) is 0 Å². The van der Waals surface area contributed by atoms with Gasteiger partial charge in [0.05, 0.1) is 16.8 Å². The van der Waals surface area contributed by atoms with Gasteiger partial charge in [0.2, 0.25) is 0 Å². The van der Waals surface area contributed by atoms with E-state index in [1.807, 2.05) is 13.8 Å². The van der Waals surface area contributed by atoms with Crippen molar-refractivity contribution in [2.45, 2.75) is 21.3 Å². The Balaban J connectivity index is 0. The van der Waals surface area contributed by atoms with Crippen molar-refractivity contribution in [1.82, 2.24) is 0 Å². The Labute approximate surface area is 173 Å². The summed E-state index contributed by atoms with van der Waals surface area (Å²) in [7, 11) is 4.34. The molecule has 2 aromatic carbocycles. The predicted molar refractivity (Wildman–Crippen MR) is 117 cm³/mol. The van der Waals surface area contributed by atoms with Crippen molar-refractivity contribution in [2.75, 3.05) is 11.5 Å². The Morgan fingerprint density at radius 1 is 1.04 bits per heavy atom. The molecule has 10 heteroatoms. The number of hydrogen-bond acceptors (Lipinski definition) is 6. The fraction of sp³-hybridized carbons (Fsp3) is 0.176. The number of hydrogen-bond donors (Lipinski definition) is 5. The summed E-state index contributed by atoms with van der Waals surface area (Å²) in [6.07, 6.45) is 0. The molecule has 0 fully saturated rings. The van der Waals surface area contributed by atoms with Gasteiger partial charge in [-0.25, -0.2) is 9.59 Å². The minimum absolute atomic E-state index is 0. The summed E-state index contributed by atoms with van der Waals surface area (Å²) in [4.78, 5) is 21.1. The standard InChI is InChI=1S/C8H8BrNO2.C8H9NO2.CH4.BHNS/c1-4-2-5(8(11)12)7(10)6(9)3-4;1-5-2-3-7(9)6(4-5)8(10)11;;1-2-3/h2-3H,10H2,1H3,(H,11,12);2-4H,9H2,1H3,(H,10,11);1H4;3H. The average Bonchev–Trinajstić information content (AvgIpc) is 2.54. The van der Waals surface area contributed by atoms with E-state index in [0.29, 0.717) is 10.2 Å². The Kier molecular flexibility index (Phi) is 12.9. The number of nitrogens with two attached hydrogens (primary N) is 2. The molecular weight excluding hydrogens is 433 g/mol. The van der Waals surface area contributed by atoms with E-state index in [0.717, 1.165) is 11.1 Å². The molecule has 0 aliphatic carbocycles. The third-order valence-electron chi connectivity index (χ3n) is 2.94. The number of carbonyl (C=O) groups is 2. The molecule has 2 rings (SSSR count). The van der Waals surface area contributed by atoms with Crippen molar-refractivity contribution < 1.29 is 19.8 Å². The molecule has 0 amide bonds. The van der Waals surface area contributed by atoms with Crippen LogP contribution in [-0.4, -0.2) is 29.8 Å². The number of nitrogen functional groups attached to an aromatic ring is 2. The van der Waals surface area contributed by atoms with Crippen LogP contribution in [0.2, 0.25) is 0 Å². The second-order valence-corrected chi connectivity index (χ2v) is 6.11. The van der Waals surface area contributed by atoms with Crippen LogP contribution in [0.1, 0.15) is 39.3 Å². The third kappa shape index (κ3) is 9.25. The van der Waals surface area contributed by atoms with Gasteiger partial charge in [-0.2, -0.15) is 0 Å². The summed E-state index contributed by atoms with van der Waals surface area (Å²) in [6.45, 7) is 3.64. The molecule has 145 valence electrons. The molecule has 7 nitrogen and oxygen atoms in total. The molecule has 0 aliphatic heterocycles. The molecule has 0 spiro atoms. The van der Waals surface area contributed by atoms with E-state index in [2.05, 4.69) is 40.7 Å². The number of aromatic carboxylic acids is 2. The van der Waals surface area contributed by atoms with Crippen LogP contribution in [0.5, 0.6) is 0 Å². The summed E-state index contributed by atoms with van der Waals surface area (Å²) >= 11 is 6.37. The van der Waals surface area contributed by atoms with Gasteiger partial charge in [-0.05, 0) is 59.6 Å². The maximum absolute atomic E-state index is 10.6. The number of carboxylic acid groups (broad SMARTS) is 2. The normalized spacial score (nSPS) is 8.70. The fourth-order valence-corrected chi connectivity index (χ4v) is 2.36.